The van der Waals surface area contributed by atoms with E-state index in [1.807, 2.05) is 36.9 Å². The van der Waals surface area contributed by atoms with E-state index < -0.39 is 0 Å². The Morgan fingerprint density at radius 2 is 1.92 bits per heavy atom. The Bertz CT molecular complexity index is 779. The van der Waals surface area contributed by atoms with Crippen LogP contribution in [0.3, 0.4) is 0 Å². The molecule has 4 heteroatoms. The van der Waals surface area contributed by atoms with Crippen molar-refractivity contribution in [3.8, 4) is 11.3 Å². The number of benzene rings is 1. The van der Waals surface area contributed by atoms with Gasteiger partial charge in [-0.05, 0) is 31.2 Å². The van der Waals surface area contributed by atoms with E-state index in [4.69, 9.17) is 10.7 Å². The summed E-state index contributed by atoms with van der Waals surface area (Å²) in [7, 11) is 0. The Morgan fingerprint density at radius 3 is 2.58 bits per heavy atom. The second-order valence-electron chi connectivity index (χ2n) is 5.33. The van der Waals surface area contributed by atoms with Crippen LogP contribution in [0, 0.1) is 0 Å². The van der Waals surface area contributed by atoms with Crippen LogP contribution < -0.4 is 5.73 Å². The maximum absolute atomic E-state index is 6.26. The van der Waals surface area contributed by atoms with Crippen LogP contribution >= 0.6 is 23.1 Å². The fourth-order valence-electron chi connectivity index (χ4n) is 2.16. The molecular formula is C20H24N2S2. The number of nitrogens with zero attached hydrogens (tertiary/aromatic N) is 1. The molecule has 0 fully saturated rings. The number of nitrogen functional groups attached to an aromatic ring is 1. The topological polar surface area (TPSA) is 38.9 Å². The maximum Gasteiger partial charge on any atom is 0.127 e. The summed E-state index contributed by atoms with van der Waals surface area (Å²) in [5.74, 6) is 1.12. The molecule has 2 aromatic heterocycles. The molecule has 0 aliphatic heterocycles. The first-order valence-corrected chi connectivity index (χ1v) is 9.95. The molecule has 3 aromatic rings. The first kappa shape index (κ1) is 18.6. The van der Waals surface area contributed by atoms with Crippen LogP contribution in [0.5, 0.6) is 0 Å². The van der Waals surface area contributed by atoms with Crippen molar-refractivity contribution in [2.24, 2.45) is 0 Å². The zero-order valence-electron chi connectivity index (χ0n) is 14.3. The fourth-order valence-corrected chi connectivity index (χ4v) is 4.60. The molecule has 2 nitrogen and oxygen atoms in total. The number of pyridine rings is 1. The summed E-state index contributed by atoms with van der Waals surface area (Å²) in [6, 6.07) is 14.4. The highest BCUT2D eigenvalue weighted by molar-refractivity contribution is 8.01. The van der Waals surface area contributed by atoms with Gasteiger partial charge in [-0.25, -0.2) is 4.98 Å². The van der Waals surface area contributed by atoms with Gasteiger partial charge in [0.1, 0.15) is 4.83 Å². The number of hydrogen-bond donors (Lipinski definition) is 1. The SMILES string of the molecule is C=CC.CCCCSc1sc2nc(-c3ccccc3)ccc2c1N. The molecule has 0 aliphatic rings. The van der Waals surface area contributed by atoms with Crippen molar-refractivity contribution < 1.29 is 0 Å². The number of fused-ring (bicyclic) bond motifs is 1. The van der Waals surface area contributed by atoms with E-state index in [-0.39, 0.29) is 0 Å². The molecule has 0 radical (unpaired) electrons. The standard InChI is InChI=1S/C17H18N2S2.C3H6/c1-2-3-11-20-17-15(18)13-9-10-14(19-16(13)21-17)12-7-5-4-6-8-12;1-3-2/h4-10H,2-3,11,18H2,1H3;3H,1H2,2H3. The zero-order chi connectivity index (χ0) is 17.4. The molecule has 126 valence electrons. The number of rotatable bonds is 5. The number of aromatic nitrogens is 1. The molecule has 2 heterocycles. The van der Waals surface area contributed by atoms with E-state index in [0.717, 1.165) is 32.9 Å². The minimum absolute atomic E-state index is 0.892. The highest BCUT2D eigenvalue weighted by Gasteiger charge is 2.11. The van der Waals surface area contributed by atoms with Gasteiger partial charge in [0.05, 0.1) is 15.6 Å². The summed E-state index contributed by atoms with van der Waals surface area (Å²) >= 11 is 3.56. The van der Waals surface area contributed by atoms with E-state index in [0.29, 0.717) is 0 Å². The van der Waals surface area contributed by atoms with Gasteiger partial charge in [0, 0.05) is 10.9 Å². The van der Waals surface area contributed by atoms with Gasteiger partial charge in [-0.3, -0.25) is 0 Å². The lowest BCUT2D eigenvalue weighted by atomic mass is 10.1. The first-order valence-electron chi connectivity index (χ1n) is 8.15. The van der Waals surface area contributed by atoms with Gasteiger partial charge < -0.3 is 5.73 Å². The minimum Gasteiger partial charge on any atom is -0.397 e. The molecule has 3 rings (SSSR count). The van der Waals surface area contributed by atoms with Crippen LogP contribution in [0.2, 0.25) is 0 Å². The molecule has 24 heavy (non-hydrogen) atoms. The molecule has 0 atom stereocenters. The van der Waals surface area contributed by atoms with Gasteiger partial charge >= 0.3 is 0 Å². The van der Waals surface area contributed by atoms with Crippen LogP contribution in [-0.4, -0.2) is 10.7 Å². The second kappa shape index (κ2) is 9.50. The Balaban J connectivity index is 0.000000647. The molecular weight excluding hydrogens is 332 g/mol. The van der Waals surface area contributed by atoms with E-state index in [1.165, 1.54) is 17.1 Å². The van der Waals surface area contributed by atoms with Gasteiger partial charge in [-0.2, -0.15) is 0 Å². The predicted octanol–water partition coefficient (Wildman–Crippen LogP) is 6.63. The average Bonchev–Trinajstić information content (AvgIpc) is 2.92. The molecule has 0 amide bonds. The molecule has 0 spiro atoms. The molecule has 1 aromatic carbocycles. The van der Waals surface area contributed by atoms with Gasteiger partial charge in [0.15, 0.2) is 0 Å². The van der Waals surface area contributed by atoms with Gasteiger partial charge in [-0.1, -0.05) is 49.8 Å². The summed E-state index contributed by atoms with van der Waals surface area (Å²) in [5, 5.41) is 1.08. The number of thiophene rings is 1. The second-order valence-corrected chi connectivity index (χ2v) is 7.69. The fraction of sp³-hybridized carbons (Fsp3) is 0.250. The molecule has 0 unspecified atom stereocenters. The van der Waals surface area contributed by atoms with E-state index >= 15 is 0 Å². The highest BCUT2D eigenvalue weighted by atomic mass is 32.2. The van der Waals surface area contributed by atoms with Crippen molar-refractivity contribution >= 4 is 39.0 Å². The van der Waals surface area contributed by atoms with Crippen molar-refractivity contribution in [1.82, 2.24) is 4.98 Å². The van der Waals surface area contributed by atoms with Gasteiger partial charge in [-0.15, -0.1) is 29.7 Å². The zero-order valence-corrected chi connectivity index (χ0v) is 15.9. The number of thioether (sulfide) groups is 1. The molecule has 0 bridgehead atoms. The summed E-state index contributed by atoms with van der Waals surface area (Å²) in [4.78, 5) is 5.82. The van der Waals surface area contributed by atoms with Crippen molar-refractivity contribution in [2.45, 2.75) is 30.9 Å². The predicted molar refractivity (Wildman–Crippen MR) is 111 cm³/mol. The molecule has 0 saturated heterocycles. The Hall–Kier alpha value is -1.78. The lowest BCUT2D eigenvalue weighted by Gasteiger charge is -2.00. The van der Waals surface area contributed by atoms with Crippen molar-refractivity contribution in [3.63, 3.8) is 0 Å². The van der Waals surface area contributed by atoms with Gasteiger partial charge in [0.25, 0.3) is 0 Å². The maximum atomic E-state index is 6.26. The minimum atomic E-state index is 0.892. The third kappa shape index (κ3) is 4.62. The van der Waals surface area contributed by atoms with Gasteiger partial charge in [0.2, 0.25) is 0 Å². The lowest BCUT2D eigenvalue weighted by molar-refractivity contribution is 0.897. The number of unbranched alkanes of at least 4 members (excludes halogenated alkanes) is 1. The average molecular weight is 357 g/mol. The Kier molecular flexibility index (Phi) is 7.35. The van der Waals surface area contributed by atoms with Crippen molar-refractivity contribution in [2.75, 3.05) is 11.5 Å². The third-order valence-corrected chi connectivity index (χ3v) is 5.85. The van der Waals surface area contributed by atoms with Crippen LogP contribution in [0.4, 0.5) is 5.69 Å². The summed E-state index contributed by atoms with van der Waals surface area (Å²) < 4.78 is 1.20. The summed E-state index contributed by atoms with van der Waals surface area (Å²) in [5.41, 5.74) is 9.31. The molecule has 0 saturated carbocycles. The third-order valence-electron chi connectivity index (χ3n) is 3.36. The van der Waals surface area contributed by atoms with E-state index in [9.17, 15) is 0 Å². The van der Waals surface area contributed by atoms with E-state index in [1.54, 1.807) is 17.4 Å². The Labute approximate surface area is 152 Å². The molecule has 2 N–H and O–H groups in total. The smallest absolute Gasteiger partial charge is 0.127 e. The van der Waals surface area contributed by atoms with Crippen LogP contribution in [-0.2, 0) is 0 Å². The van der Waals surface area contributed by atoms with Crippen LogP contribution in [0.25, 0.3) is 21.5 Å². The monoisotopic (exact) mass is 356 g/mol. The largest absolute Gasteiger partial charge is 0.397 e. The molecule has 0 aliphatic carbocycles. The Morgan fingerprint density at radius 1 is 1.21 bits per heavy atom. The summed E-state index contributed by atoms with van der Waals surface area (Å²) in [6.07, 6.45) is 4.19. The first-order chi connectivity index (χ1) is 11.7. The lowest BCUT2D eigenvalue weighted by Crippen LogP contribution is -1.86. The van der Waals surface area contributed by atoms with Crippen molar-refractivity contribution in [1.29, 1.82) is 0 Å². The quantitative estimate of drug-likeness (QED) is 0.317. The number of hydrogen-bond acceptors (Lipinski definition) is 4. The number of nitrogens with two attached hydrogens (primary N) is 1. The van der Waals surface area contributed by atoms with Crippen molar-refractivity contribution in [3.05, 3.63) is 55.1 Å². The van der Waals surface area contributed by atoms with E-state index in [2.05, 4.69) is 37.8 Å². The van der Waals surface area contributed by atoms with Crippen LogP contribution in [0.15, 0.2) is 59.3 Å². The summed E-state index contributed by atoms with van der Waals surface area (Å²) in [6.45, 7) is 7.46. The normalized spacial score (nSPS) is 10.2. The number of anilines is 1. The van der Waals surface area contributed by atoms with Crippen LogP contribution in [0.1, 0.15) is 26.7 Å². The highest BCUT2D eigenvalue weighted by Crippen LogP contribution is 2.40. The number of allylic oxidation sites excluding steroid dienone is 1.